The third kappa shape index (κ3) is 7.43. The van der Waals surface area contributed by atoms with Crippen molar-refractivity contribution in [3.63, 3.8) is 0 Å². The fraction of sp³-hybridized carbons (Fsp3) is 0.0769. The van der Waals surface area contributed by atoms with Gasteiger partial charge in [-0.05, 0) is 83.5 Å². The molecule has 1 aliphatic carbocycles. The predicted octanol–water partition coefficient (Wildman–Crippen LogP) is 12.5. The van der Waals surface area contributed by atoms with Crippen LogP contribution in [-0.2, 0) is 6.42 Å². The summed E-state index contributed by atoms with van der Waals surface area (Å²) in [5.41, 5.74) is 13.7. The van der Waals surface area contributed by atoms with Crippen LogP contribution in [0.2, 0.25) is 0 Å². The Kier molecular flexibility index (Phi) is 9.86. The van der Waals surface area contributed by atoms with Gasteiger partial charge in [-0.1, -0.05) is 152 Å². The molecule has 1 aromatic heterocycles. The van der Waals surface area contributed by atoms with Gasteiger partial charge in [0.1, 0.15) is 23.3 Å². The minimum Gasteiger partial charge on any atom is -0.456 e. The molecule has 5 nitrogen and oxygen atoms in total. The van der Waals surface area contributed by atoms with E-state index in [2.05, 4.69) is 157 Å². The van der Waals surface area contributed by atoms with Gasteiger partial charge in [-0.3, -0.25) is 0 Å². The zero-order valence-corrected chi connectivity index (χ0v) is 31.8. The number of aryl methyl sites for hydroxylation is 1. The number of nitrogens with zero attached hydrogens (tertiary/aromatic N) is 2. The van der Waals surface area contributed by atoms with Crippen LogP contribution in [0.1, 0.15) is 64.2 Å². The molecule has 0 bridgehead atoms. The van der Waals surface area contributed by atoms with Gasteiger partial charge in [0, 0.05) is 45.1 Å². The largest absolute Gasteiger partial charge is 0.456 e. The van der Waals surface area contributed by atoms with Crippen molar-refractivity contribution in [2.75, 3.05) is 5.32 Å². The Bertz CT molecular complexity index is 2740. The second-order valence-electron chi connectivity index (χ2n) is 14.2. The van der Waals surface area contributed by atoms with Gasteiger partial charge in [-0.15, -0.1) is 0 Å². The van der Waals surface area contributed by atoms with Crippen LogP contribution < -0.4 is 10.6 Å². The Morgan fingerprint density at radius 3 is 2.14 bits per heavy atom. The molecule has 1 atom stereocenters. The molecule has 0 spiro atoms. The lowest BCUT2D eigenvalue weighted by atomic mass is 9.89. The quantitative estimate of drug-likeness (QED) is 0.137. The zero-order valence-electron chi connectivity index (χ0n) is 31.8. The summed E-state index contributed by atoms with van der Waals surface area (Å²) in [6.07, 6.45) is 7.99. The van der Waals surface area contributed by atoms with Crippen molar-refractivity contribution in [3.05, 3.63) is 233 Å². The van der Waals surface area contributed by atoms with Crippen molar-refractivity contribution in [2.24, 2.45) is 9.98 Å². The Hall–Kier alpha value is -7.24. The molecule has 0 amide bonds. The SMILES string of the molecule is C=C(/C(=C\C(=C/C)c1ccccc1)c1ccccc1)c1ccccc1NC1=Cc2oc3ccc(C4=NC(c5ccccc5)=NC(c5ccccc5)N4)cc3c2CC1. The van der Waals surface area contributed by atoms with E-state index in [0.29, 0.717) is 5.84 Å². The first kappa shape index (κ1) is 35.5. The number of para-hydroxylation sites is 1. The predicted molar refractivity (Wildman–Crippen MR) is 238 cm³/mol. The Morgan fingerprint density at radius 1 is 0.737 bits per heavy atom. The Morgan fingerprint density at radius 2 is 1.40 bits per heavy atom. The number of anilines is 1. The topological polar surface area (TPSA) is 61.9 Å². The minimum absolute atomic E-state index is 0.258. The van der Waals surface area contributed by atoms with Crippen molar-refractivity contribution in [1.29, 1.82) is 0 Å². The van der Waals surface area contributed by atoms with Gasteiger partial charge < -0.3 is 15.1 Å². The van der Waals surface area contributed by atoms with E-state index >= 15 is 0 Å². The lowest BCUT2D eigenvalue weighted by Crippen LogP contribution is -2.33. The summed E-state index contributed by atoms with van der Waals surface area (Å²) in [5.74, 6) is 2.37. The number of nitrogens with one attached hydrogen (secondary N) is 2. The molecule has 9 rings (SSSR count). The van der Waals surface area contributed by atoms with Crippen LogP contribution in [0.4, 0.5) is 5.69 Å². The van der Waals surface area contributed by atoms with Gasteiger partial charge in [0.25, 0.3) is 0 Å². The normalized spacial score (nSPS) is 15.5. The van der Waals surface area contributed by atoms with E-state index in [1.807, 2.05) is 42.5 Å². The highest BCUT2D eigenvalue weighted by atomic mass is 16.3. The second kappa shape index (κ2) is 15.9. The average Bonchev–Trinajstić information content (AvgIpc) is 3.65. The molecule has 2 aliphatic rings. The van der Waals surface area contributed by atoms with Crippen LogP contribution in [0, 0.1) is 0 Å². The summed E-state index contributed by atoms with van der Waals surface area (Å²) < 4.78 is 6.52. The maximum Gasteiger partial charge on any atom is 0.159 e. The monoisotopic (exact) mass is 738 g/mol. The first-order valence-electron chi connectivity index (χ1n) is 19.5. The van der Waals surface area contributed by atoms with Crippen molar-refractivity contribution in [2.45, 2.75) is 25.9 Å². The van der Waals surface area contributed by atoms with Gasteiger partial charge in [0.15, 0.2) is 5.84 Å². The number of amidine groups is 2. The standard InChI is InChI=1S/C52H42N4O/c1-3-36(37-18-8-4-9-19-37)32-45(38-20-10-5-11-21-38)35(2)43-26-16-17-27-47(43)53-42-29-30-44-46-33-41(28-31-48(46)57-49(44)34-42)52-55-50(39-22-12-6-13-23-39)54-51(56-52)40-24-14-7-15-25-40/h3-28,31-34,50,53H,2,29-30H2,1H3,(H,54,55,56)/b36-3+,45-32+. The molecular weight excluding hydrogens is 697 g/mol. The van der Waals surface area contributed by atoms with Gasteiger partial charge in [0.05, 0.1) is 0 Å². The highest BCUT2D eigenvalue weighted by Gasteiger charge is 2.24. The third-order valence-electron chi connectivity index (χ3n) is 10.6. The van der Waals surface area contributed by atoms with Crippen LogP contribution in [0.5, 0.6) is 0 Å². The highest BCUT2D eigenvalue weighted by molar-refractivity contribution is 6.14. The van der Waals surface area contributed by atoms with Crippen LogP contribution in [0.25, 0.3) is 33.8 Å². The van der Waals surface area contributed by atoms with Crippen molar-refractivity contribution < 1.29 is 4.42 Å². The van der Waals surface area contributed by atoms with E-state index in [9.17, 15) is 0 Å². The summed E-state index contributed by atoms with van der Waals surface area (Å²) in [6.45, 7) is 6.78. The van der Waals surface area contributed by atoms with E-state index in [1.54, 1.807) is 0 Å². The number of fused-ring (bicyclic) bond motifs is 3. The molecule has 1 aliphatic heterocycles. The summed E-state index contributed by atoms with van der Waals surface area (Å²) in [5, 5.41) is 8.49. The van der Waals surface area contributed by atoms with Crippen LogP contribution in [0.3, 0.4) is 0 Å². The highest BCUT2D eigenvalue weighted by Crippen LogP contribution is 2.39. The first-order valence-corrected chi connectivity index (χ1v) is 19.5. The molecule has 276 valence electrons. The molecule has 2 heterocycles. The van der Waals surface area contributed by atoms with E-state index < -0.39 is 0 Å². The molecule has 5 heteroatoms. The lowest BCUT2D eigenvalue weighted by Gasteiger charge is -2.23. The van der Waals surface area contributed by atoms with E-state index in [0.717, 1.165) is 91.3 Å². The fourth-order valence-corrected chi connectivity index (χ4v) is 7.65. The molecule has 0 fully saturated rings. The first-order chi connectivity index (χ1) is 28.1. The summed E-state index contributed by atoms with van der Waals surface area (Å²) in [7, 11) is 0. The Labute approximate surface area is 333 Å². The third-order valence-corrected chi connectivity index (χ3v) is 10.6. The summed E-state index contributed by atoms with van der Waals surface area (Å²) in [4.78, 5) is 10.0. The van der Waals surface area contributed by atoms with Crippen molar-refractivity contribution in [1.82, 2.24) is 5.32 Å². The van der Waals surface area contributed by atoms with Gasteiger partial charge in [-0.25, -0.2) is 9.98 Å². The molecule has 7 aromatic rings. The van der Waals surface area contributed by atoms with Gasteiger partial charge >= 0.3 is 0 Å². The molecule has 57 heavy (non-hydrogen) atoms. The van der Waals surface area contributed by atoms with E-state index in [-0.39, 0.29) is 6.17 Å². The van der Waals surface area contributed by atoms with Gasteiger partial charge in [-0.2, -0.15) is 0 Å². The second-order valence-corrected chi connectivity index (χ2v) is 14.2. The summed E-state index contributed by atoms with van der Waals surface area (Å²) in [6, 6.07) is 56.3. The molecule has 6 aromatic carbocycles. The van der Waals surface area contributed by atoms with Crippen molar-refractivity contribution in [3.8, 4) is 0 Å². The molecule has 2 N–H and O–H groups in total. The maximum absolute atomic E-state index is 6.52. The maximum atomic E-state index is 6.52. The number of rotatable bonds is 10. The summed E-state index contributed by atoms with van der Waals surface area (Å²) >= 11 is 0. The number of allylic oxidation sites excluding steroid dienone is 6. The van der Waals surface area contributed by atoms with Crippen LogP contribution in [-0.4, -0.2) is 11.7 Å². The minimum atomic E-state index is -0.258. The number of hydrogen-bond donors (Lipinski definition) is 2. The lowest BCUT2D eigenvalue weighted by molar-refractivity contribution is 0.594. The molecule has 0 radical (unpaired) electrons. The van der Waals surface area contributed by atoms with Crippen LogP contribution in [0.15, 0.2) is 203 Å². The Balaban J connectivity index is 1.02. The average molecular weight is 739 g/mol. The molecular formula is C52H42N4O. The molecule has 1 unspecified atom stereocenters. The number of benzene rings is 6. The smallest absolute Gasteiger partial charge is 0.159 e. The van der Waals surface area contributed by atoms with Crippen LogP contribution >= 0.6 is 0 Å². The van der Waals surface area contributed by atoms with Crippen molar-refractivity contribution >= 4 is 51.1 Å². The van der Waals surface area contributed by atoms with E-state index in [1.165, 1.54) is 11.1 Å². The molecule has 0 saturated carbocycles. The fourth-order valence-electron chi connectivity index (χ4n) is 7.65. The number of hydrogen-bond acceptors (Lipinski definition) is 5. The van der Waals surface area contributed by atoms with Gasteiger partial charge in [0.2, 0.25) is 0 Å². The van der Waals surface area contributed by atoms with E-state index in [4.69, 9.17) is 21.0 Å². The number of furan rings is 1. The zero-order chi connectivity index (χ0) is 38.6. The molecule has 0 saturated heterocycles. The number of aliphatic imine (C=N–C) groups is 2.